The van der Waals surface area contributed by atoms with Gasteiger partial charge < -0.3 is 9.88 Å². The molecule has 5 heteroatoms. The SMILES string of the molecule is S=C(NCc1ccccc1)N/N=C\c1c(-c2ccccc2)n(-c2ccccc2)c2ccccc12. The minimum absolute atomic E-state index is 0.480. The molecule has 0 aliphatic rings. The van der Waals surface area contributed by atoms with Crippen molar-refractivity contribution in [2.45, 2.75) is 6.54 Å². The van der Waals surface area contributed by atoms with Gasteiger partial charge in [0.25, 0.3) is 0 Å². The maximum absolute atomic E-state index is 5.43. The quantitative estimate of drug-likeness (QED) is 0.178. The van der Waals surface area contributed by atoms with Crippen molar-refractivity contribution in [3.05, 3.63) is 126 Å². The lowest BCUT2D eigenvalue weighted by Gasteiger charge is -2.12. The maximum Gasteiger partial charge on any atom is 0.187 e. The van der Waals surface area contributed by atoms with Crippen LogP contribution >= 0.6 is 12.2 Å². The zero-order chi connectivity index (χ0) is 23.2. The molecule has 0 fully saturated rings. The van der Waals surface area contributed by atoms with Crippen LogP contribution in [0.5, 0.6) is 0 Å². The molecule has 0 saturated heterocycles. The number of hydrogen-bond donors (Lipinski definition) is 2. The Bertz CT molecular complexity index is 1430. The molecule has 1 heterocycles. The highest BCUT2D eigenvalue weighted by molar-refractivity contribution is 7.80. The van der Waals surface area contributed by atoms with E-state index >= 15 is 0 Å². The molecule has 0 bridgehead atoms. The summed E-state index contributed by atoms with van der Waals surface area (Å²) >= 11 is 5.43. The Morgan fingerprint density at radius 3 is 2.12 bits per heavy atom. The van der Waals surface area contributed by atoms with E-state index in [2.05, 4.69) is 105 Å². The summed E-state index contributed by atoms with van der Waals surface area (Å²) in [4.78, 5) is 0. The average molecular weight is 461 g/mol. The first kappa shape index (κ1) is 21.6. The maximum atomic E-state index is 5.43. The van der Waals surface area contributed by atoms with Gasteiger partial charge in [-0.05, 0) is 41.5 Å². The number of benzene rings is 4. The van der Waals surface area contributed by atoms with Gasteiger partial charge in [-0.25, -0.2) is 0 Å². The molecular formula is C29H24N4S. The second kappa shape index (κ2) is 10.1. The van der Waals surface area contributed by atoms with Crippen LogP contribution in [0.25, 0.3) is 27.8 Å². The van der Waals surface area contributed by atoms with E-state index in [0.717, 1.165) is 39.0 Å². The van der Waals surface area contributed by atoms with Crippen LogP contribution in [0.4, 0.5) is 0 Å². The zero-order valence-corrected chi connectivity index (χ0v) is 19.4. The first-order valence-corrected chi connectivity index (χ1v) is 11.6. The summed E-state index contributed by atoms with van der Waals surface area (Å²) in [5.41, 5.74) is 9.60. The van der Waals surface area contributed by atoms with Gasteiger partial charge in [0, 0.05) is 23.2 Å². The van der Waals surface area contributed by atoms with E-state index in [0.29, 0.717) is 11.7 Å². The van der Waals surface area contributed by atoms with E-state index in [1.807, 2.05) is 36.5 Å². The van der Waals surface area contributed by atoms with E-state index in [1.54, 1.807) is 0 Å². The Morgan fingerprint density at radius 1 is 0.765 bits per heavy atom. The summed E-state index contributed by atoms with van der Waals surface area (Å²) in [6.45, 7) is 0.644. The normalized spacial score (nSPS) is 11.1. The van der Waals surface area contributed by atoms with Crippen molar-refractivity contribution in [3.8, 4) is 16.9 Å². The molecule has 0 aliphatic heterocycles. The third kappa shape index (κ3) is 4.60. The Labute approximate surface area is 204 Å². The minimum Gasteiger partial charge on any atom is -0.357 e. The Balaban J connectivity index is 1.51. The second-order valence-electron chi connectivity index (χ2n) is 7.85. The fourth-order valence-corrected chi connectivity index (χ4v) is 4.22. The largest absolute Gasteiger partial charge is 0.357 e. The first-order valence-electron chi connectivity index (χ1n) is 11.2. The van der Waals surface area contributed by atoms with Crippen LogP contribution in [-0.2, 0) is 6.54 Å². The van der Waals surface area contributed by atoms with Gasteiger partial charge in [0.1, 0.15) is 0 Å². The summed E-state index contributed by atoms with van der Waals surface area (Å²) in [6, 6.07) is 39.4. The van der Waals surface area contributed by atoms with Crippen LogP contribution in [0.15, 0.2) is 120 Å². The molecular weight excluding hydrogens is 436 g/mol. The topological polar surface area (TPSA) is 41.4 Å². The molecule has 4 aromatic carbocycles. The van der Waals surface area contributed by atoms with Gasteiger partial charge in [0.15, 0.2) is 5.11 Å². The van der Waals surface area contributed by atoms with Crippen LogP contribution in [0.1, 0.15) is 11.1 Å². The van der Waals surface area contributed by atoms with Crippen molar-refractivity contribution >= 4 is 34.4 Å². The zero-order valence-electron chi connectivity index (χ0n) is 18.6. The Morgan fingerprint density at radius 2 is 1.38 bits per heavy atom. The van der Waals surface area contributed by atoms with Crippen LogP contribution < -0.4 is 10.7 Å². The number of hydrazone groups is 1. The molecule has 5 aromatic rings. The lowest BCUT2D eigenvalue weighted by Crippen LogP contribution is -2.31. The number of hydrogen-bond acceptors (Lipinski definition) is 2. The molecule has 5 rings (SSSR count). The van der Waals surface area contributed by atoms with Crippen molar-refractivity contribution in [2.24, 2.45) is 5.10 Å². The number of nitrogens with one attached hydrogen (secondary N) is 2. The first-order chi connectivity index (χ1) is 16.8. The lowest BCUT2D eigenvalue weighted by molar-refractivity contribution is 0.869. The highest BCUT2D eigenvalue weighted by atomic mass is 32.1. The summed E-state index contributed by atoms with van der Waals surface area (Å²) in [5.74, 6) is 0. The molecule has 2 N–H and O–H groups in total. The van der Waals surface area contributed by atoms with Gasteiger partial charge in [-0.3, -0.25) is 5.43 Å². The van der Waals surface area contributed by atoms with Crippen molar-refractivity contribution in [3.63, 3.8) is 0 Å². The van der Waals surface area contributed by atoms with Crippen molar-refractivity contribution < 1.29 is 0 Å². The highest BCUT2D eigenvalue weighted by Crippen LogP contribution is 2.35. The summed E-state index contributed by atoms with van der Waals surface area (Å²) in [5, 5.41) is 9.31. The van der Waals surface area contributed by atoms with Crippen molar-refractivity contribution in [2.75, 3.05) is 0 Å². The molecule has 0 radical (unpaired) electrons. The summed E-state index contributed by atoms with van der Waals surface area (Å²) in [7, 11) is 0. The van der Waals surface area contributed by atoms with E-state index in [4.69, 9.17) is 12.2 Å². The Hall–Kier alpha value is -4.22. The standard InChI is InChI=1S/C29H24N4S/c34-29(30-20-22-12-4-1-5-13-22)32-31-21-26-25-18-10-11-19-27(25)33(24-16-8-3-9-17-24)28(26)23-14-6-2-7-15-23/h1-19,21H,20H2,(H2,30,32,34)/b31-21-. The van der Waals surface area contributed by atoms with Gasteiger partial charge >= 0.3 is 0 Å². The molecule has 166 valence electrons. The minimum atomic E-state index is 0.480. The van der Waals surface area contributed by atoms with Gasteiger partial charge in [0.05, 0.1) is 17.4 Å². The monoisotopic (exact) mass is 460 g/mol. The molecule has 0 aliphatic carbocycles. The predicted octanol–water partition coefficient (Wildman–Crippen LogP) is 6.30. The summed E-state index contributed by atoms with van der Waals surface area (Å²) in [6.07, 6.45) is 1.86. The fraction of sp³-hybridized carbons (Fsp3) is 0.0345. The number of aromatic nitrogens is 1. The molecule has 34 heavy (non-hydrogen) atoms. The van der Waals surface area contributed by atoms with Crippen LogP contribution in [-0.4, -0.2) is 15.9 Å². The second-order valence-corrected chi connectivity index (χ2v) is 8.26. The van der Waals surface area contributed by atoms with E-state index < -0.39 is 0 Å². The summed E-state index contributed by atoms with van der Waals surface area (Å²) < 4.78 is 2.29. The molecule has 1 aromatic heterocycles. The van der Waals surface area contributed by atoms with Gasteiger partial charge in [-0.15, -0.1) is 0 Å². The average Bonchev–Trinajstić information content (AvgIpc) is 3.23. The lowest BCUT2D eigenvalue weighted by atomic mass is 10.1. The highest BCUT2D eigenvalue weighted by Gasteiger charge is 2.18. The van der Waals surface area contributed by atoms with E-state index in [-0.39, 0.29) is 0 Å². The van der Waals surface area contributed by atoms with E-state index in [1.165, 1.54) is 0 Å². The van der Waals surface area contributed by atoms with Gasteiger partial charge in [0.2, 0.25) is 0 Å². The number of nitrogens with zero attached hydrogens (tertiary/aromatic N) is 2. The van der Waals surface area contributed by atoms with Crippen LogP contribution in [0.3, 0.4) is 0 Å². The smallest absolute Gasteiger partial charge is 0.187 e. The van der Waals surface area contributed by atoms with Crippen molar-refractivity contribution in [1.29, 1.82) is 0 Å². The predicted molar refractivity (Wildman–Crippen MR) is 145 cm³/mol. The van der Waals surface area contributed by atoms with Crippen molar-refractivity contribution in [1.82, 2.24) is 15.3 Å². The van der Waals surface area contributed by atoms with E-state index in [9.17, 15) is 0 Å². The van der Waals surface area contributed by atoms with Gasteiger partial charge in [-0.1, -0.05) is 97.1 Å². The fourth-order valence-electron chi connectivity index (χ4n) is 4.09. The number of fused-ring (bicyclic) bond motifs is 1. The van der Waals surface area contributed by atoms with Crippen LogP contribution in [0, 0.1) is 0 Å². The molecule has 0 spiro atoms. The molecule has 0 atom stereocenters. The Kier molecular flexibility index (Phi) is 6.45. The molecule has 0 amide bonds. The number of rotatable bonds is 6. The third-order valence-corrected chi connectivity index (χ3v) is 5.87. The van der Waals surface area contributed by atoms with Crippen LogP contribution in [0.2, 0.25) is 0 Å². The molecule has 4 nitrogen and oxygen atoms in total. The van der Waals surface area contributed by atoms with Gasteiger partial charge in [-0.2, -0.15) is 5.10 Å². The number of para-hydroxylation sites is 2. The number of thiocarbonyl (C=S) groups is 1. The molecule has 0 saturated carbocycles. The third-order valence-electron chi connectivity index (χ3n) is 5.63. The molecule has 0 unspecified atom stereocenters.